The van der Waals surface area contributed by atoms with Crippen molar-refractivity contribution < 1.29 is 5.11 Å². The summed E-state index contributed by atoms with van der Waals surface area (Å²) in [4.78, 5) is 0. The van der Waals surface area contributed by atoms with Crippen LogP contribution in [0, 0.1) is 11.8 Å². The molecule has 2 aliphatic rings. The van der Waals surface area contributed by atoms with Crippen molar-refractivity contribution in [2.24, 2.45) is 11.8 Å². The molecule has 17 heavy (non-hydrogen) atoms. The molecule has 1 aromatic rings. The van der Waals surface area contributed by atoms with Gasteiger partial charge in [-0.05, 0) is 35.8 Å². The van der Waals surface area contributed by atoms with Gasteiger partial charge in [0.05, 0.1) is 5.60 Å². The van der Waals surface area contributed by atoms with Gasteiger partial charge in [0.1, 0.15) is 0 Å². The second kappa shape index (κ2) is 4.13. The molecule has 2 aliphatic carbocycles. The molecule has 2 atom stereocenters. The van der Waals surface area contributed by atoms with E-state index in [1.54, 1.807) is 0 Å². The highest BCUT2D eigenvalue weighted by Gasteiger charge is 2.42. The average molecular weight is 230 g/mol. The van der Waals surface area contributed by atoms with Gasteiger partial charge in [0.2, 0.25) is 0 Å². The molecule has 0 spiro atoms. The van der Waals surface area contributed by atoms with Crippen LogP contribution in [-0.2, 0) is 12.8 Å². The van der Waals surface area contributed by atoms with E-state index in [-0.39, 0.29) is 0 Å². The van der Waals surface area contributed by atoms with Crippen LogP contribution in [0.15, 0.2) is 24.3 Å². The maximum Gasteiger partial charge on any atom is 0.0756 e. The van der Waals surface area contributed by atoms with E-state index in [2.05, 4.69) is 31.2 Å². The Hall–Kier alpha value is -0.820. The van der Waals surface area contributed by atoms with Gasteiger partial charge in [-0.1, -0.05) is 44.0 Å². The fourth-order valence-corrected chi connectivity index (χ4v) is 3.84. The first-order valence-corrected chi connectivity index (χ1v) is 6.96. The van der Waals surface area contributed by atoms with Gasteiger partial charge < -0.3 is 5.11 Å². The number of hydrogen-bond donors (Lipinski definition) is 1. The van der Waals surface area contributed by atoms with Crippen molar-refractivity contribution in [2.75, 3.05) is 0 Å². The van der Waals surface area contributed by atoms with Crippen molar-refractivity contribution in [3.05, 3.63) is 35.4 Å². The summed E-state index contributed by atoms with van der Waals surface area (Å²) >= 11 is 0. The highest BCUT2D eigenvalue weighted by atomic mass is 16.3. The largest absolute Gasteiger partial charge is 0.389 e. The summed E-state index contributed by atoms with van der Waals surface area (Å²) < 4.78 is 0. The zero-order valence-corrected chi connectivity index (χ0v) is 10.7. The molecule has 0 aliphatic heterocycles. The van der Waals surface area contributed by atoms with E-state index < -0.39 is 5.60 Å². The monoisotopic (exact) mass is 230 g/mol. The molecule has 1 fully saturated rings. The van der Waals surface area contributed by atoms with E-state index in [0.717, 1.165) is 18.8 Å². The molecule has 1 nitrogen and oxygen atoms in total. The molecular weight excluding hydrogens is 208 g/mol. The Balaban J connectivity index is 1.80. The molecule has 92 valence electrons. The zero-order chi connectivity index (χ0) is 11.9. The predicted molar refractivity (Wildman–Crippen MR) is 69.9 cm³/mol. The Morgan fingerprint density at radius 1 is 1.12 bits per heavy atom. The van der Waals surface area contributed by atoms with Crippen LogP contribution in [0.1, 0.15) is 43.7 Å². The van der Waals surface area contributed by atoms with Crippen LogP contribution < -0.4 is 0 Å². The molecule has 1 N–H and O–H groups in total. The van der Waals surface area contributed by atoms with Gasteiger partial charge in [0, 0.05) is 12.8 Å². The van der Waals surface area contributed by atoms with Crippen LogP contribution in [0.4, 0.5) is 0 Å². The summed E-state index contributed by atoms with van der Waals surface area (Å²) in [5, 5.41) is 11.0. The second-order valence-corrected chi connectivity index (χ2v) is 6.19. The third-order valence-electron chi connectivity index (χ3n) is 4.81. The first kappa shape index (κ1) is 11.3. The number of hydrogen-bond acceptors (Lipinski definition) is 1. The third-order valence-corrected chi connectivity index (χ3v) is 4.81. The average Bonchev–Trinajstić information content (AvgIpc) is 2.66. The minimum atomic E-state index is -0.446. The Bertz CT molecular complexity index is 385. The second-order valence-electron chi connectivity index (χ2n) is 6.19. The Labute approximate surface area is 104 Å². The Kier molecular flexibility index (Phi) is 2.74. The van der Waals surface area contributed by atoms with Crippen LogP contribution in [0.25, 0.3) is 0 Å². The van der Waals surface area contributed by atoms with E-state index in [4.69, 9.17) is 0 Å². The van der Waals surface area contributed by atoms with Gasteiger partial charge in [-0.3, -0.25) is 0 Å². The lowest BCUT2D eigenvalue weighted by Gasteiger charge is -2.37. The lowest BCUT2D eigenvalue weighted by atomic mass is 9.72. The number of rotatable bonds is 1. The first-order valence-electron chi connectivity index (χ1n) is 6.96. The molecule has 1 aromatic carbocycles. The van der Waals surface area contributed by atoms with Crippen LogP contribution in [0.5, 0.6) is 0 Å². The Morgan fingerprint density at radius 3 is 2.35 bits per heavy atom. The van der Waals surface area contributed by atoms with Gasteiger partial charge in [-0.15, -0.1) is 0 Å². The molecule has 0 bridgehead atoms. The van der Waals surface area contributed by atoms with Gasteiger partial charge >= 0.3 is 0 Å². The summed E-state index contributed by atoms with van der Waals surface area (Å²) in [5.41, 5.74) is 2.29. The summed E-state index contributed by atoms with van der Waals surface area (Å²) in [7, 11) is 0. The smallest absolute Gasteiger partial charge is 0.0756 e. The third kappa shape index (κ3) is 2.01. The number of benzene rings is 1. The van der Waals surface area contributed by atoms with Crippen LogP contribution in [-0.4, -0.2) is 10.7 Å². The van der Waals surface area contributed by atoms with Crippen molar-refractivity contribution in [1.82, 2.24) is 0 Å². The van der Waals surface area contributed by atoms with Crippen LogP contribution >= 0.6 is 0 Å². The minimum absolute atomic E-state index is 0.446. The Morgan fingerprint density at radius 2 is 1.76 bits per heavy atom. The number of aliphatic hydroxyl groups is 1. The predicted octanol–water partition coefficient (Wildman–Crippen LogP) is 3.34. The lowest BCUT2D eigenvalue weighted by Crippen LogP contribution is -2.41. The fraction of sp³-hybridized carbons (Fsp3) is 0.625. The van der Waals surface area contributed by atoms with Gasteiger partial charge in [-0.25, -0.2) is 0 Å². The highest BCUT2D eigenvalue weighted by molar-refractivity contribution is 5.35. The fourth-order valence-electron chi connectivity index (χ4n) is 3.84. The summed E-state index contributed by atoms with van der Waals surface area (Å²) in [6, 6.07) is 8.54. The topological polar surface area (TPSA) is 20.2 Å². The van der Waals surface area contributed by atoms with Crippen molar-refractivity contribution in [3.8, 4) is 0 Å². The SMILES string of the molecule is CC1CCCC(C2(O)Cc3ccccc3C2)C1. The van der Waals surface area contributed by atoms with Crippen molar-refractivity contribution >= 4 is 0 Å². The summed E-state index contributed by atoms with van der Waals surface area (Å²) in [5.74, 6) is 1.31. The van der Waals surface area contributed by atoms with Crippen LogP contribution in [0.3, 0.4) is 0 Å². The maximum absolute atomic E-state index is 11.0. The molecule has 2 unspecified atom stereocenters. The van der Waals surface area contributed by atoms with E-state index in [0.29, 0.717) is 5.92 Å². The van der Waals surface area contributed by atoms with Gasteiger partial charge in [0.25, 0.3) is 0 Å². The molecule has 0 saturated heterocycles. The minimum Gasteiger partial charge on any atom is -0.389 e. The molecule has 3 rings (SSSR count). The molecule has 0 heterocycles. The molecule has 1 heteroatoms. The van der Waals surface area contributed by atoms with Gasteiger partial charge in [-0.2, -0.15) is 0 Å². The van der Waals surface area contributed by atoms with Crippen molar-refractivity contribution in [2.45, 2.75) is 51.0 Å². The molecule has 0 aromatic heterocycles. The van der Waals surface area contributed by atoms with Crippen molar-refractivity contribution in [1.29, 1.82) is 0 Å². The number of fused-ring (bicyclic) bond motifs is 1. The quantitative estimate of drug-likeness (QED) is 0.784. The zero-order valence-electron chi connectivity index (χ0n) is 10.7. The maximum atomic E-state index is 11.0. The summed E-state index contributed by atoms with van der Waals surface area (Å²) in [6.07, 6.45) is 6.82. The van der Waals surface area contributed by atoms with Gasteiger partial charge in [0.15, 0.2) is 0 Å². The first-order chi connectivity index (χ1) is 8.17. The molecule has 0 radical (unpaired) electrons. The standard InChI is InChI=1S/C16H22O/c1-12-5-4-8-15(9-12)16(17)10-13-6-2-3-7-14(13)11-16/h2-3,6-7,12,15,17H,4-5,8-11H2,1H3. The van der Waals surface area contributed by atoms with E-state index in [9.17, 15) is 5.11 Å². The van der Waals surface area contributed by atoms with E-state index >= 15 is 0 Å². The lowest BCUT2D eigenvalue weighted by molar-refractivity contribution is -0.0313. The van der Waals surface area contributed by atoms with Crippen molar-refractivity contribution in [3.63, 3.8) is 0 Å². The van der Waals surface area contributed by atoms with E-state index in [1.165, 1.54) is 36.8 Å². The molecular formula is C16H22O. The van der Waals surface area contributed by atoms with E-state index in [1.807, 2.05) is 0 Å². The molecule has 0 amide bonds. The molecule has 1 saturated carbocycles. The normalized spacial score (nSPS) is 31.2. The van der Waals surface area contributed by atoms with Crippen LogP contribution in [0.2, 0.25) is 0 Å². The highest BCUT2D eigenvalue weighted by Crippen LogP contribution is 2.43. The summed E-state index contributed by atoms with van der Waals surface area (Å²) in [6.45, 7) is 2.33.